The molecule has 0 nitrogen and oxygen atoms in total. The molecule has 1 atom stereocenters. The highest BCUT2D eigenvalue weighted by Gasteiger charge is 2.39. The third kappa shape index (κ3) is 2.70. The maximum atomic E-state index is 11.7. The highest BCUT2D eigenvalue weighted by atomic mass is 35.5. The Hall–Kier alpha value is -0.250. The van der Waals surface area contributed by atoms with E-state index >= 15 is 0 Å². The molecule has 5 heteroatoms. The predicted molar refractivity (Wildman–Crippen MR) is 25.9 cm³/mol. The number of hydrogen-bond acceptors (Lipinski definition) is 0. The van der Waals surface area contributed by atoms with Crippen LogP contribution in [0.2, 0.25) is 0 Å². The Balaban J connectivity index is 4.04. The van der Waals surface area contributed by atoms with Crippen molar-refractivity contribution in [1.82, 2.24) is 0 Å². The maximum absolute atomic E-state index is 11.7. The normalized spacial score (nSPS) is 15.2. The van der Waals surface area contributed by atoms with Crippen LogP contribution < -0.4 is 0 Å². The summed E-state index contributed by atoms with van der Waals surface area (Å²) in [6.07, 6.45) is -3.11. The number of halogens is 5. The van der Waals surface area contributed by atoms with Gasteiger partial charge in [0.25, 0.3) is 0 Å². The smallest absolute Gasteiger partial charge is 0.231 e. The van der Waals surface area contributed by atoms with Gasteiger partial charge in [-0.25, -0.2) is 8.78 Å². The zero-order chi connectivity index (χ0) is 7.65. The first kappa shape index (κ1) is 8.75. The molecule has 0 amide bonds. The summed E-state index contributed by atoms with van der Waals surface area (Å²) in [6, 6.07) is 0. The van der Waals surface area contributed by atoms with Gasteiger partial charge in [0.05, 0.1) is 0 Å². The van der Waals surface area contributed by atoms with Crippen molar-refractivity contribution in [3.8, 4) is 0 Å². The third-order valence-corrected chi connectivity index (χ3v) is 0.754. The van der Waals surface area contributed by atoms with Gasteiger partial charge < -0.3 is 0 Å². The topological polar surface area (TPSA) is 0 Å². The summed E-state index contributed by atoms with van der Waals surface area (Å²) in [5, 5.41) is -4.19. The summed E-state index contributed by atoms with van der Waals surface area (Å²) in [4.78, 5) is 0. The fourth-order valence-corrected chi connectivity index (χ4v) is 0.296. The van der Waals surface area contributed by atoms with Gasteiger partial charge in [0.15, 0.2) is 0 Å². The summed E-state index contributed by atoms with van der Waals surface area (Å²) < 4.78 is 46.0. The Bertz CT molecular complexity index is 116. The average Bonchev–Trinajstić information content (AvgIpc) is 1.62. The monoisotopic (exact) mass is 162 g/mol. The molecule has 0 heterocycles. The van der Waals surface area contributed by atoms with E-state index in [4.69, 9.17) is 0 Å². The Morgan fingerprint density at radius 1 is 1.56 bits per heavy atom. The van der Waals surface area contributed by atoms with Crippen molar-refractivity contribution >= 4 is 11.6 Å². The summed E-state index contributed by atoms with van der Waals surface area (Å²) in [5.41, 5.74) is 0. The molecule has 0 fully saturated rings. The van der Waals surface area contributed by atoms with Crippen LogP contribution in [0.5, 0.6) is 0 Å². The lowest BCUT2D eigenvalue weighted by Crippen LogP contribution is -2.22. The lowest BCUT2D eigenvalue weighted by molar-refractivity contribution is 0.0151. The summed E-state index contributed by atoms with van der Waals surface area (Å²) in [6.45, 7) is 2.32. The molecule has 0 saturated heterocycles. The lowest BCUT2D eigenvalue weighted by Gasteiger charge is -2.09. The Kier molecular flexibility index (Phi) is 2.49. The molecule has 0 aromatic rings. The molecule has 0 aliphatic rings. The molecule has 54 valence electrons. The quantitative estimate of drug-likeness (QED) is 0.433. The summed E-state index contributed by atoms with van der Waals surface area (Å²) >= 11 is 4.07. The van der Waals surface area contributed by atoms with Gasteiger partial charge in [-0.1, -0.05) is 6.58 Å². The molecule has 1 unspecified atom stereocenters. The van der Waals surface area contributed by atoms with Gasteiger partial charge in [-0.2, -0.15) is 8.78 Å². The van der Waals surface area contributed by atoms with Crippen molar-refractivity contribution in [3.05, 3.63) is 12.4 Å². The second-order valence-corrected chi connectivity index (χ2v) is 1.85. The number of rotatable bonds is 2. The van der Waals surface area contributed by atoms with E-state index in [2.05, 4.69) is 18.2 Å². The number of hydrogen-bond donors (Lipinski definition) is 0. The van der Waals surface area contributed by atoms with E-state index in [1.807, 2.05) is 0 Å². The molecule has 0 aromatic carbocycles. The largest absolute Gasteiger partial charge is 0.358 e. The van der Waals surface area contributed by atoms with Crippen molar-refractivity contribution < 1.29 is 17.6 Å². The molecule has 0 saturated carbocycles. The van der Waals surface area contributed by atoms with E-state index in [1.54, 1.807) is 0 Å². The highest BCUT2D eigenvalue weighted by Crippen LogP contribution is 2.30. The van der Waals surface area contributed by atoms with Crippen LogP contribution in [-0.4, -0.2) is 11.6 Å². The molecule has 0 aliphatic heterocycles. The standard InChI is InChI=1S/C4H3ClF4/c1-2(6)3(7)4(5,8)9/h3H,1H2. The van der Waals surface area contributed by atoms with Crippen LogP contribution in [-0.2, 0) is 0 Å². The van der Waals surface area contributed by atoms with E-state index < -0.39 is 17.4 Å². The minimum atomic E-state index is -4.19. The first-order valence-corrected chi connectivity index (χ1v) is 2.28. The van der Waals surface area contributed by atoms with Crippen LogP contribution in [0.1, 0.15) is 0 Å². The van der Waals surface area contributed by atoms with Gasteiger partial charge in [0.1, 0.15) is 5.83 Å². The van der Waals surface area contributed by atoms with Crippen molar-refractivity contribution in [2.75, 3.05) is 0 Å². The summed E-state index contributed by atoms with van der Waals surface area (Å²) in [5.74, 6) is -1.77. The molecule has 0 spiro atoms. The number of alkyl halides is 4. The highest BCUT2D eigenvalue weighted by molar-refractivity contribution is 6.22. The van der Waals surface area contributed by atoms with Gasteiger partial charge in [0.2, 0.25) is 6.17 Å². The van der Waals surface area contributed by atoms with Crippen LogP contribution in [0, 0.1) is 0 Å². The molecular formula is C4H3ClF4. The molecule has 0 rings (SSSR count). The first-order chi connectivity index (χ1) is 3.85. The molecule has 0 radical (unpaired) electrons. The lowest BCUT2D eigenvalue weighted by atomic mass is 10.4. The minimum absolute atomic E-state index is 1.77. The van der Waals surface area contributed by atoms with Crippen LogP contribution in [0.25, 0.3) is 0 Å². The van der Waals surface area contributed by atoms with Gasteiger partial charge in [-0.15, -0.1) is 0 Å². The Labute approximate surface area is 54.1 Å². The van der Waals surface area contributed by atoms with Crippen LogP contribution in [0.15, 0.2) is 12.4 Å². The summed E-state index contributed by atoms with van der Waals surface area (Å²) in [7, 11) is 0. The van der Waals surface area contributed by atoms with Gasteiger partial charge >= 0.3 is 5.38 Å². The van der Waals surface area contributed by atoms with Gasteiger partial charge in [-0.3, -0.25) is 0 Å². The van der Waals surface area contributed by atoms with Crippen molar-refractivity contribution in [1.29, 1.82) is 0 Å². The zero-order valence-electron chi connectivity index (χ0n) is 4.17. The zero-order valence-corrected chi connectivity index (χ0v) is 4.93. The number of allylic oxidation sites excluding steroid dienone is 1. The molecule has 0 aromatic heterocycles. The molecule has 0 N–H and O–H groups in total. The fourth-order valence-electron chi connectivity index (χ4n) is 0.178. The van der Waals surface area contributed by atoms with Crippen molar-refractivity contribution in [2.24, 2.45) is 0 Å². The van der Waals surface area contributed by atoms with Crippen molar-refractivity contribution in [3.63, 3.8) is 0 Å². The first-order valence-electron chi connectivity index (χ1n) is 1.91. The third-order valence-electron chi connectivity index (χ3n) is 0.562. The van der Waals surface area contributed by atoms with Crippen molar-refractivity contribution in [2.45, 2.75) is 11.6 Å². The second-order valence-electron chi connectivity index (χ2n) is 1.35. The molecule has 0 aliphatic carbocycles. The van der Waals surface area contributed by atoms with E-state index in [9.17, 15) is 17.6 Å². The van der Waals surface area contributed by atoms with Gasteiger partial charge in [-0.05, 0) is 11.6 Å². The molecule has 9 heavy (non-hydrogen) atoms. The van der Waals surface area contributed by atoms with E-state index in [-0.39, 0.29) is 0 Å². The maximum Gasteiger partial charge on any atom is 0.358 e. The van der Waals surface area contributed by atoms with Crippen LogP contribution >= 0.6 is 11.6 Å². The second kappa shape index (κ2) is 2.56. The SMILES string of the molecule is C=C(F)C(F)C(F)(F)Cl. The van der Waals surface area contributed by atoms with Crippen LogP contribution in [0.3, 0.4) is 0 Å². The van der Waals surface area contributed by atoms with Crippen LogP contribution in [0.4, 0.5) is 17.6 Å². The average molecular weight is 163 g/mol. The molecular weight excluding hydrogens is 159 g/mol. The Morgan fingerprint density at radius 2 is 1.89 bits per heavy atom. The predicted octanol–water partition coefficient (Wildman–Crippen LogP) is 2.64. The van der Waals surface area contributed by atoms with E-state index in [0.717, 1.165) is 0 Å². The van der Waals surface area contributed by atoms with E-state index in [0.29, 0.717) is 0 Å². The Morgan fingerprint density at radius 3 is 1.89 bits per heavy atom. The fraction of sp³-hybridized carbons (Fsp3) is 0.500. The van der Waals surface area contributed by atoms with Gasteiger partial charge in [0, 0.05) is 0 Å². The minimum Gasteiger partial charge on any atom is -0.231 e. The van der Waals surface area contributed by atoms with E-state index in [1.165, 1.54) is 0 Å². The molecule has 0 bridgehead atoms.